The zero-order valence-electron chi connectivity index (χ0n) is 10.6. The topological polar surface area (TPSA) is 71.2 Å². The van der Waals surface area contributed by atoms with Gasteiger partial charge in [-0.2, -0.15) is 13.2 Å². The van der Waals surface area contributed by atoms with Crippen LogP contribution in [0.15, 0.2) is 12.3 Å². The third-order valence-corrected chi connectivity index (χ3v) is 2.57. The van der Waals surface area contributed by atoms with Crippen LogP contribution in [-0.2, 0) is 11.0 Å². The van der Waals surface area contributed by atoms with Crippen LogP contribution in [0.2, 0.25) is 0 Å². The summed E-state index contributed by atoms with van der Waals surface area (Å²) in [6, 6.07) is 0.874. The van der Waals surface area contributed by atoms with Gasteiger partial charge in [0, 0.05) is 27.1 Å². The van der Waals surface area contributed by atoms with Crippen molar-refractivity contribution in [1.82, 2.24) is 10.3 Å². The van der Waals surface area contributed by atoms with Crippen molar-refractivity contribution < 1.29 is 18.0 Å². The first-order valence-electron chi connectivity index (χ1n) is 5.50. The molecule has 1 aromatic rings. The molecule has 0 spiro atoms. The van der Waals surface area contributed by atoms with Crippen LogP contribution in [0.4, 0.5) is 24.5 Å². The fourth-order valence-corrected chi connectivity index (χ4v) is 1.46. The number of carbonyl (C=O) groups is 1. The number of carbonyl (C=O) groups excluding carboxylic acids is 1. The third kappa shape index (κ3) is 4.01. The number of halogens is 3. The fraction of sp³-hybridized carbons (Fsp3) is 0.455. The molecule has 5 nitrogen and oxygen atoms in total. The summed E-state index contributed by atoms with van der Waals surface area (Å²) in [4.78, 5) is 15.8. The molecule has 0 atom stereocenters. The van der Waals surface area contributed by atoms with Crippen molar-refractivity contribution in [3.63, 3.8) is 0 Å². The summed E-state index contributed by atoms with van der Waals surface area (Å²) in [5, 5.41) is 2.43. The minimum atomic E-state index is -4.52. The third-order valence-electron chi connectivity index (χ3n) is 2.57. The van der Waals surface area contributed by atoms with Crippen molar-refractivity contribution in [2.45, 2.75) is 12.6 Å². The lowest BCUT2D eigenvalue weighted by Crippen LogP contribution is -2.27. The molecule has 0 aliphatic carbocycles. The highest BCUT2D eigenvalue weighted by atomic mass is 19.4. The first-order valence-corrected chi connectivity index (χ1v) is 5.50. The van der Waals surface area contributed by atoms with E-state index < -0.39 is 11.9 Å². The molecule has 0 bridgehead atoms. The number of nitrogen functional groups attached to an aromatic ring is 1. The maximum atomic E-state index is 12.5. The fourth-order valence-electron chi connectivity index (χ4n) is 1.46. The van der Waals surface area contributed by atoms with E-state index in [4.69, 9.17) is 5.73 Å². The number of amides is 1. The molecule has 0 unspecified atom stereocenters. The Hall–Kier alpha value is -1.99. The SMILES string of the molecule is CNC(=O)CCN(C)c1cc(C(F)(F)F)ncc1N. The van der Waals surface area contributed by atoms with Crippen LogP contribution in [0.1, 0.15) is 12.1 Å². The summed E-state index contributed by atoms with van der Waals surface area (Å²) in [6.07, 6.45) is -3.39. The van der Waals surface area contributed by atoms with E-state index in [2.05, 4.69) is 10.3 Å². The number of aromatic nitrogens is 1. The molecule has 0 aliphatic heterocycles. The molecule has 3 N–H and O–H groups in total. The van der Waals surface area contributed by atoms with Crippen molar-refractivity contribution in [1.29, 1.82) is 0 Å². The molecule has 19 heavy (non-hydrogen) atoms. The Morgan fingerprint density at radius 2 is 2.16 bits per heavy atom. The smallest absolute Gasteiger partial charge is 0.396 e. The maximum Gasteiger partial charge on any atom is 0.433 e. The molecule has 8 heteroatoms. The number of hydrogen-bond donors (Lipinski definition) is 2. The van der Waals surface area contributed by atoms with E-state index in [-0.39, 0.29) is 30.2 Å². The zero-order chi connectivity index (χ0) is 14.6. The van der Waals surface area contributed by atoms with Crippen molar-refractivity contribution in [2.24, 2.45) is 0 Å². The van der Waals surface area contributed by atoms with E-state index in [1.165, 1.54) is 11.9 Å². The van der Waals surface area contributed by atoms with E-state index in [0.29, 0.717) is 0 Å². The van der Waals surface area contributed by atoms with E-state index in [1.807, 2.05) is 0 Å². The van der Waals surface area contributed by atoms with Gasteiger partial charge in [-0.1, -0.05) is 0 Å². The monoisotopic (exact) mass is 276 g/mol. The average Bonchev–Trinajstić information content (AvgIpc) is 2.34. The summed E-state index contributed by atoms with van der Waals surface area (Å²) < 4.78 is 37.6. The molecule has 0 aliphatic rings. The Bertz CT molecular complexity index is 462. The second kappa shape index (κ2) is 5.77. The number of anilines is 2. The lowest BCUT2D eigenvalue weighted by molar-refractivity contribution is -0.141. The minimum absolute atomic E-state index is 0.132. The van der Waals surface area contributed by atoms with Crippen LogP contribution >= 0.6 is 0 Å². The molecule has 1 heterocycles. The summed E-state index contributed by atoms with van der Waals surface area (Å²) in [5.41, 5.74) is 4.92. The molecular weight excluding hydrogens is 261 g/mol. The van der Waals surface area contributed by atoms with Gasteiger partial charge in [0.15, 0.2) is 0 Å². The number of pyridine rings is 1. The summed E-state index contributed by atoms with van der Waals surface area (Å²) in [5.74, 6) is -0.199. The second-order valence-electron chi connectivity index (χ2n) is 3.97. The van der Waals surface area contributed by atoms with E-state index in [1.54, 1.807) is 7.05 Å². The number of hydrogen-bond acceptors (Lipinski definition) is 4. The molecule has 0 aromatic carbocycles. The molecule has 0 saturated carbocycles. The largest absolute Gasteiger partial charge is 0.433 e. The van der Waals surface area contributed by atoms with E-state index in [0.717, 1.165) is 12.3 Å². The van der Waals surface area contributed by atoms with Gasteiger partial charge in [-0.25, -0.2) is 4.98 Å². The van der Waals surface area contributed by atoms with Gasteiger partial charge < -0.3 is 16.0 Å². The first kappa shape index (κ1) is 15.1. The van der Waals surface area contributed by atoms with Gasteiger partial charge in [-0.15, -0.1) is 0 Å². The van der Waals surface area contributed by atoms with Gasteiger partial charge in [-0.3, -0.25) is 4.79 Å². The van der Waals surface area contributed by atoms with Crippen molar-refractivity contribution in [3.05, 3.63) is 18.0 Å². The highest BCUT2D eigenvalue weighted by molar-refractivity contribution is 5.76. The quantitative estimate of drug-likeness (QED) is 0.868. The van der Waals surface area contributed by atoms with Crippen LogP contribution < -0.4 is 16.0 Å². The van der Waals surface area contributed by atoms with Gasteiger partial charge in [0.2, 0.25) is 5.91 Å². The van der Waals surface area contributed by atoms with Gasteiger partial charge in [0.1, 0.15) is 5.69 Å². The zero-order valence-corrected chi connectivity index (χ0v) is 10.6. The van der Waals surface area contributed by atoms with Crippen LogP contribution in [0, 0.1) is 0 Å². The van der Waals surface area contributed by atoms with Crippen LogP contribution in [0.5, 0.6) is 0 Å². The first-order chi connectivity index (χ1) is 8.75. The molecule has 106 valence electrons. The standard InChI is InChI=1S/C11H15F3N4O/c1-16-10(19)3-4-18(2)8-5-9(11(12,13)14)17-6-7(8)15/h5-6H,3-4,15H2,1-2H3,(H,16,19). The number of nitrogens with zero attached hydrogens (tertiary/aromatic N) is 2. The highest BCUT2D eigenvalue weighted by Crippen LogP contribution is 2.32. The van der Waals surface area contributed by atoms with Gasteiger partial charge in [0.25, 0.3) is 0 Å². The Kier molecular flexibility index (Phi) is 4.57. The van der Waals surface area contributed by atoms with Crippen LogP contribution in [-0.4, -0.2) is 31.5 Å². The van der Waals surface area contributed by atoms with Gasteiger partial charge in [-0.05, 0) is 6.07 Å². The van der Waals surface area contributed by atoms with Crippen molar-refractivity contribution in [2.75, 3.05) is 31.3 Å². The maximum absolute atomic E-state index is 12.5. The lowest BCUT2D eigenvalue weighted by atomic mass is 10.2. The molecule has 1 amide bonds. The number of nitrogens with two attached hydrogens (primary N) is 1. The number of nitrogens with one attached hydrogen (secondary N) is 1. The molecule has 1 aromatic heterocycles. The van der Waals surface area contributed by atoms with E-state index >= 15 is 0 Å². The molecule has 0 fully saturated rings. The molecule has 0 radical (unpaired) electrons. The van der Waals surface area contributed by atoms with E-state index in [9.17, 15) is 18.0 Å². The number of rotatable bonds is 4. The Labute approximate surface area is 108 Å². The lowest BCUT2D eigenvalue weighted by Gasteiger charge is -2.21. The van der Waals surface area contributed by atoms with Crippen LogP contribution in [0.25, 0.3) is 0 Å². The van der Waals surface area contributed by atoms with Gasteiger partial charge >= 0.3 is 6.18 Å². The second-order valence-corrected chi connectivity index (χ2v) is 3.97. The highest BCUT2D eigenvalue weighted by Gasteiger charge is 2.33. The predicted octanol–water partition coefficient (Wildman–Crippen LogP) is 1.25. The van der Waals surface area contributed by atoms with Gasteiger partial charge in [0.05, 0.1) is 17.6 Å². The number of alkyl halides is 3. The Morgan fingerprint density at radius 1 is 1.53 bits per heavy atom. The summed E-state index contributed by atoms with van der Waals surface area (Å²) >= 11 is 0. The van der Waals surface area contributed by atoms with Crippen molar-refractivity contribution >= 4 is 17.3 Å². The predicted molar refractivity (Wildman–Crippen MR) is 65.6 cm³/mol. The Balaban J connectivity index is 2.89. The molecular formula is C11H15F3N4O. The average molecular weight is 276 g/mol. The Morgan fingerprint density at radius 3 is 2.68 bits per heavy atom. The summed E-state index contributed by atoms with van der Waals surface area (Å²) in [7, 11) is 3.06. The van der Waals surface area contributed by atoms with Crippen LogP contribution in [0.3, 0.4) is 0 Å². The minimum Gasteiger partial charge on any atom is -0.396 e. The van der Waals surface area contributed by atoms with Crippen molar-refractivity contribution in [3.8, 4) is 0 Å². The summed E-state index contributed by atoms with van der Waals surface area (Å²) in [6.45, 7) is 0.255. The normalized spacial score (nSPS) is 11.2. The molecule has 0 saturated heterocycles. The molecule has 1 rings (SSSR count).